The molecule has 150 valence electrons. The molecular formula is C23H25N3O3. The van der Waals surface area contributed by atoms with E-state index in [0.717, 1.165) is 28.1 Å². The van der Waals surface area contributed by atoms with E-state index in [2.05, 4.69) is 19.2 Å². The molecule has 0 aliphatic heterocycles. The number of ether oxygens (including phenoxy) is 2. The largest absolute Gasteiger partial charge is 0.493 e. The van der Waals surface area contributed by atoms with E-state index < -0.39 is 0 Å². The van der Waals surface area contributed by atoms with Crippen molar-refractivity contribution >= 4 is 5.91 Å². The Labute approximate surface area is 170 Å². The molecule has 0 saturated carbocycles. The van der Waals surface area contributed by atoms with Crippen LogP contribution < -0.4 is 14.8 Å². The Hall–Kier alpha value is -3.28. The molecule has 6 nitrogen and oxygen atoms in total. The quantitative estimate of drug-likeness (QED) is 0.542. The predicted octanol–water partition coefficient (Wildman–Crippen LogP) is 3.85. The molecule has 2 aromatic carbocycles. The molecule has 0 radical (unpaired) electrons. The molecule has 4 rings (SSSR count). The van der Waals surface area contributed by atoms with Crippen LogP contribution in [0.2, 0.25) is 0 Å². The molecular weight excluding hydrogens is 366 g/mol. The van der Waals surface area contributed by atoms with Crippen molar-refractivity contribution in [2.75, 3.05) is 20.8 Å². The molecule has 1 aromatic heterocycles. The van der Waals surface area contributed by atoms with E-state index >= 15 is 0 Å². The van der Waals surface area contributed by atoms with Crippen molar-refractivity contribution in [3.05, 3.63) is 59.3 Å². The van der Waals surface area contributed by atoms with Crippen LogP contribution in [0.4, 0.5) is 0 Å². The third-order valence-electron chi connectivity index (χ3n) is 5.10. The average Bonchev–Trinajstić information content (AvgIpc) is 3.28. The second kappa shape index (κ2) is 7.62. The van der Waals surface area contributed by atoms with E-state index in [0.29, 0.717) is 36.1 Å². The van der Waals surface area contributed by atoms with Gasteiger partial charge >= 0.3 is 0 Å². The second-order valence-electron chi connectivity index (χ2n) is 7.57. The van der Waals surface area contributed by atoms with Crippen LogP contribution in [0.25, 0.3) is 16.9 Å². The lowest BCUT2D eigenvalue weighted by Gasteiger charge is -2.12. The summed E-state index contributed by atoms with van der Waals surface area (Å²) in [5, 5.41) is 7.71. The first-order chi connectivity index (χ1) is 14.0. The first-order valence-corrected chi connectivity index (χ1v) is 9.74. The Morgan fingerprint density at radius 1 is 1.14 bits per heavy atom. The first-order valence-electron chi connectivity index (χ1n) is 9.74. The number of fused-ring (bicyclic) bond motifs is 3. The number of benzene rings is 2. The highest BCUT2D eigenvalue weighted by Gasteiger charge is 2.32. The Balaban J connectivity index is 1.87. The van der Waals surface area contributed by atoms with E-state index in [4.69, 9.17) is 14.6 Å². The normalized spacial score (nSPS) is 11.9. The third kappa shape index (κ3) is 3.35. The van der Waals surface area contributed by atoms with Crippen molar-refractivity contribution in [2.24, 2.45) is 5.92 Å². The van der Waals surface area contributed by atoms with Gasteiger partial charge in [-0.05, 0) is 35.7 Å². The zero-order valence-corrected chi connectivity index (χ0v) is 17.2. The van der Waals surface area contributed by atoms with Gasteiger partial charge in [0.15, 0.2) is 17.2 Å². The molecule has 1 aliphatic rings. The molecule has 3 aromatic rings. The third-order valence-corrected chi connectivity index (χ3v) is 5.10. The molecule has 0 bridgehead atoms. The van der Waals surface area contributed by atoms with Crippen LogP contribution in [-0.2, 0) is 6.42 Å². The molecule has 29 heavy (non-hydrogen) atoms. The van der Waals surface area contributed by atoms with Gasteiger partial charge in [-0.25, -0.2) is 4.68 Å². The fraction of sp³-hybridized carbons (Fsp3) is 0.304. The van der Waals surface area contributed by atoms with Crippen molar-refractivity contribution < 1.29 is 14.3 Å². The van der Waals surface area contributed by atoms with Gasteiger partial charge in [0.05, 0.1) is 25.6 Å². The summed E-state index contributed by atoms with van der Waals surface area (Å²) in [6, 6.07) is 13.8. The maximum absolute atomic E-state index is 12.9. The van der Waals surface area contributed by atoms with Gasteiger partial charge in [-0.3, -0.25) is 4.79 Å². The standard InChI is InChI=1S/C23H25N3O3/c1-14(2)13-24-23(27)21-18-10-15-11-19(28-3)20(29-4)12-17(15)22(18)26(25-21)16-8-6-5-7-9-16/h5-9,11-12,14H,10,13H2,1-4H3,(H,24,27). The van der Waals surface area contributed by atoms with Gasteiger partial charge in [0.1, 0.15) is 0 Å². The van der Waals surface area contributed by atoms with Gasteiger partial charge in [0.25, 0.3) is 5.91 Å². The van der Waals surface area contributed by atoms with Crippen molar-refractivity contribution in [3.8, 4) is 28.4 Å². The SMILES string of the molecule is COc1cc2c(cc1OC)-c1c(c(C(=O)NCC(C)C)nn1-c1ccccc1)C2. The van der Waals surface area contributed by atoms with Gasteiger partial charge in [-0.2, -0.15) is 5.10 Å². The number of hydrogen-bond donors (Lipinski definition) is 1. The van der Waals surface area contributed by atoms with E-state index in [1.165, 1.54) is 0 Å². The smallest absolute Gasteiger partial charge is 0.272 e. The number of aromatic nitrogens is 2. The zero-order valence-electron chi connectivity index (χ0n) is 17.2. The predicted molar refractivity (Wildman–Crippen MR) is 112 cm³/mol. The van der Waals surface area contributed by atoms with Crippen LogP contribution in [0.1, 0.15) is 35.5 Å². The van der Waals surface area contributed by atoms with E-state index in [-0.39, 0.29) is 5.91 Å². The summed E-state index contributed by atoms with van der Waals surface area (Å²) >= 11 is 0. The number of hydrogen-bond acceptors (Lipinski definition) is 4. The summed E-state index contributed by atoms with van der Waals surface area (Å²) in [7, 11) is 3.25. The number of carbonyl (C=O) groups excluding carboxylic acids is 1. The highest BCUT2D eigenvalue weighted by molar-refractivity contribution is 5.97. The first kappa shape index (κ1) is 19.1. The number of para-hydroxylation sites is 1. The van der Waals surface area contributed by atoms with Crippen molar-refractivity contribution in [2.45, 2.75) is 20.3 Å². The lowest BCUT2D eigenvalue weighted by Crippen LogP contribution is -2.28. The summed E-state index contributed by atoms with van der Waals surface area (Å²) < 4.78 is 12.8. The zero-order chi connectivity index (χ0) is 20.5. The van der Waals surface area contributed by atoms with Gasteiger partial charge in [0, 0.05) is 24.1 Å². The average molecular weight is 391 g/mol. The van der Waals surface area contributed by atoms with Crippen LogP contribution in [0.3, 0.4) is 0 Å². The molecule has 1 amide bonds. The minimum Gasteiger partial charge on any atom is -0.493 e. The van der Waals surface area contributed by atoms with Crippen LogP contribution in [0, 0.1) is 5.92 Å². The number of rotatable bonds is 6. The molecule has 1 heterocycles. The Kier molecular flexibility index (Phi) is 5.01. The Morgan fingerprint density at radius 3 is 2.48 bits per heavy atom. The van der Waals surface area contributed by atoms with E-state index in [9.17, 15) is 4.79 Å². The summed E-state index contributed by atoms with van der Waals surface area (Å²) in [6.45, 7) is 4.75. The van der Waals surface area contributed by atoms with Crippen LogP contribution >= 0.6 is 0 Å². The molecule has 1 aliphatic carbocycles. The highest BCUT2D eigenvalue weighted by atomic mass is 16.5. The number of amides is 1. The molecule has 1 N–H and O–H groups in total. The minimum atomic E-state index is -0.142. The summed E-state index contributed by atoms with van der Waals surface area (Å²) in [5.74, 6) is 1.57. The summed E-state index contributed by atoms with van der Waals surface area (Å²) in [4.78, 5) is 12.9. The maximum Gasteiger partial charge on any atom is 0.272 e. The number of nitrogens with zero attached hydrogens (tertiary/aromatic N) is 2. The molecule has 0 spiro atoms. The number of carbonyl (C=O) groups is 1. The molecule has 0 saturated heterocycles. The fourth-order valence-electron chi connectivity index (χ4n) is 3.69. The Bertz CT molecular complexity index is 1050. The topological polar surface area (TPSA) is 65.4 Å². The molecule has 6 heteroatoms. The fourth-order valence-corrected chi connectivity index (χ4v) is 3.69. The van der Waals surface area contributed by atoms with Gasteiger partial charge < -0.3 is 14.8 Å². The van der Waals surface area contributed by atoms with Crippen molar-refractivity contribution in [3.63, 3.8) is 0 Å². The maximum atomic E-state index is 12.9. The minimum absolute atomic E-state index is 0.142. The van der Waals surface area contributed by atoms with Crippen molar-refractivity contribution in [1.29, 1.82) is 0 Å². The summed E-state index contributed by atoms with van der Waals surface area (Å²) in [5.41, 5.74) is 5.35. The number of methoxy groups -OCH3 is 2. The lowest BCUT2D eigenvalue weighted by molar-refractivity contribution is 0.0943. The summed E-state index contributed by atoms with van der Waals surface area (Å²) in [6.07, 6.45) is 0.627. The van der Waals surface area contributed by atoms with Crippen LogP contribution in [0.5, 0.6) is 11.5 Å². The van der Waals surface area contributed by atoms with E-state index in [1.54, 1.807) is 14.2 Å². The lowest BCUT2D eigenvalue weighted by atomic mass is 10.1. The van der Waals surface area contributed by atoms with Gasteiger partial charge in [0.2, 0.25) is 0 Å². The second-order valence-corrected chi connectivity index (χ2v) is 7.57. The Morgan fingerprint density at radius 2 is 1.83 bits per heavy atom. The van der Waals surface area contributed by atoms with E-state index in [1.807, 2.05) is 47.1 Å². The van der Waals surface area contributed by atoms with Crippen molar-refractivity contribution in [1.82, 2.24) is 15.1 Å². The van der Waals surface area contributed by atoms with Gasteiger partial charge in [-0.1, -0.05) is 32.0 Å². The molecule has 0 atom stereocenters. The molecule has 0 fully saturated rings. The molecule has 0 unspecified atom stereocenters. The highest BCUT2D eigenvalue weighted by Crippen LogP contribution is 2.44. The van der Waals surface area contributed by atoms with Gasteiger partial charge in [-0.15, -0.1) is 0 Å². The number of nitrogens with one attached hydrogen (secondary N) is 1. The van der Waals surface area contributed by atoms with Crippen LogP contribution in [0.15, 0.2) is 42.5 Å². The monoisotopic (exact) mass is 391 g/mol. The van der Waals surface area contributed by atoms with Crippen LogP contribution in [-0.4, -0.2) is 36.5 Å².